The second-order valence-corrected chi connectivity index (χ2v) is 3.87. The first-order valence-corrected chi connectivity index (χ1v) is 5.02. The van der Waals surface area contributed by atoms with Gasteiger partial charge in [0.05, 0.1) is 12.2 Å². The van der Waals surface area contributed by atoms with Crippen LogP contribution in [-0.2, 0) is 4.79 Å². The molecule has 0 aliphatic rings. The lowest BCUT2D eigenvalue weighted by Crippen LogP contribution is -2.28. The van der Waals surface area contributed by atoms with E-state index in [4.69, 9.17) is 5.11 Å². The van der Waals surface area contributed by atoms with Crippen LogP contribution in [0.15, 0.2) is 17.2 Å². The molecule has 0 radical (unpaired) electrons. The molecule has 1 unspecified atom stereocenters. The van der Waals surface area contributed by atoms with Crippen molar-refractivity contribution in [2.45, 2.75) is 13.8 Å². The number of carboxylic acid groups (broad SMARTS) is 1. The van der Waals surface area contributed by atoms with Crippen LogP contribution in [0.25, 0.3) is 0 Å². The summed E-state index contributed by atoms with van der Waals surface area (Å²) in [7, 11) is 0. The van der Waals surface area contributed by atoms with E-state index in [0.717, 1.165) is 0 Å². The number of aromatic amines is 1. The van der Waals surface area contributed by atoms with Gasteiger partial charge in [-0.05, 0) is 5.92 Å². The maximum Gasteiger partial charge on any atom is 0.308 e. The summed E-state index contributed by atoms with van der Waals surface area (Å²) < 4.78 is 0. The minimum absolute atomic E-state index is 0.0204. The number of nitrogens with one attached hydrogen (secondary N) is 2. The molecule has 0 spiro atoms. The first-order valence-electron chi connectivity index (χ1n) is 5.02. The Bertz CT molecular complexity index is 414. The smallest absolute Gasteiger partial charge is 0.308 e. The van der Waals surface area contributed by atoms with E-state index in [1.165, 1.54) is 12.4 Å². The van der Waals surface area contributed by atoms with Crippen molar-refractivity contribution in [1.29, 1.82) is 0 Å². The topological polar surface area (TPSA) is 95.1 Å². The molecule has 0 saturated carbocycles. The molecule has 1 aromatic rings. The normalized spacial score (nSPS) is 12.4. The molecule has 88 valence electrons. The minimum atomic E-state index is -0.854. The maximum atomic E-state index is 11.0. The number of hydrogen-bond donors (Lipinski definition) is 3. The first kappa shape index (κ1) is 12.2. The highest BCUT2D eigenvalue weighted by Gasteiger charge is 2.20. The van der Waals surface area contributed by atoms with Crippen LogP contribution in [-0.4, -0.2) is 27.6 Å². The van der Waals surface area contributed by atoms with Crippen molar-refractivity contribution in [2.24, 2.45) is 11.8 Å². The van der Waals surface area contributed by atoms with E-state index < -0.39 is 11.9 Å². The molecule has 6 nitrogen and oxygen atoms in total. The van der Waals surface area contributed by atoms with Crippen LogP contribution in [0.5, 0.6) is 0 Å². The van der Waals surface area contributed by atoms with Crippen molar-refractivity contribution >= 4 is 11.8 Å². The summed E-state index contributed by atoms with van der Waals surface area (Å²) in [6.45, 7) is 3.93. The molecular weight excluding hydrogens is 210 g/mol. The molecule has 0 bridgehead atoms. The van der Waals surface area contributed by atoms with Crippen molar-refractivity contribution < 1.29 is 9.90 Å². The predicted molar refractivity (Wildman–Crippen MR) is 59.3 cm³/mol. The Labute approximate surface area is 92.7 Å². The Hall–Kier alpha value is -1.85. The zero-order valence-corrected chi connectivity index (χ0v) is 9.23. The van der Waals surface area contributed by atoms with E-state index in [2.05, 4.69) is 15.3 Å². The number of aromatic nitrogens is 2. The summed E-state index contributed by atoms with van der Waals surface area (Å²) in [5, 5.41) is 11.8. The molecule has 1 heterocycles. The van der Waals surface area contributed by atoms with Gasteiger partial charge in [0.2, 0.25) is 0 Å². The number of H-pyrrole nitrogens is 1. The van der Waals surface area contributed by atoms with Gasteiger partial charge >= 0.3 is 5.97 Å². The monoisotopic (exact) mass is 225 g/mol. The fourth-order valence-electron chi connectivity index (χ4n) is 1.29. The number of aliphatic carboxylic acids is 1. The fourth-order valence-corrected chi connectivity index (χ4v) is 1.29. The van der Waals surface area contributed by atoms with Crippen molar-refractivity contribution in [1.82, 2.24) is 9.97 Å². The molecule has 0 aliphatic carbocycles. The van der Waals surface area contributed by atoms with E-state index in [0.29, 0.717) is 5.82 Å². The molecule has 6 heteroatoms. The average Bonchev–Trinajstić information content (AvgIpc) is 2.16. The first-order chi connectivity index (χ1) is 7.50. The second-order valence-electron chi connectivity index (χ2n) is 3.87. The molecule has 0 saturated heterocycles. The van der Waals surface area contributed by atoms with Crippen molar-refractivity contribution in [3.8, 4) is 0 Å². The quantitative estimate of drug-likeness (QED) is 0.679. The van der Waals surface area contributed by atoms with Gasteiger partial charge in [0.15, 0.2) is 0 Å². The Morgan fingerprint density at radius 2 is 2.31 bits per heavy atom. The summed E-state index contributed by atoms with van der Waals surface area (Å²) in [5.41, 5.74) is -0.270. The van der Waals surface area contributed by atoms with Gasteiger partial charge in [-0.1, -0.05) is 13.8 Å². The van der Waals surface area contributed by atoms with Crippen molar-refractivity contribution in [2.75, 3.05) is 11.9 Å². The molecule has 16 heavy (non-hydrogen) atoms. The highest BCUT2D eigenvalue weighted by atomic mass is 16.4. The molecule has 0 fully saturated rings. The number of carbonyl (C=O) groups is 1. The van der Waals surface area contributed by atoms with E-state index in [1.54, 1.807) is 0 Å². The third-order valence-electron chi connectivity index (χ3n) is 2.30. The number of carboxylic acids is 1. The highest BCUT2D eigenvalue weighted by molar-refractivity contribution is 5.71. The van der Waals surface area contributed by atoms with Crippen LogP contribution in [0.2, 0.25) is 0 Å². The zero-order valence-electron chi connectivity index (χ0n) is 9.23. The van der Waals surface area contributed by atoms with Crippen LogP contribution < -0.4 is 10.9 Å². The Morgan fingerprint density at radius 1 is 1.62 bits per heavy atom. The molecule has 3 N–H and O–H groups in total. The van der Waals surface area contributed by atoms with E-state index in [1.807, 2.05) is 13.8 Å². The number of nitrogens with zero attached hydrogens (tertiary/aromatic N) is 1. The zero-order chi connectivity index (χ0) is 12.1. The molecule has 0 aromatic carbocycles. The lowest BCUT2D eigenvalue weighted by molar-refractivity contribution is -0.142. The van der Waals surface area contributed by atoms with E-state index in [9.17, 15) is 9.59 Å². The van der Waals surface area contributed by atoms with Gasteiger partial charge in [-0.15, -0.1) is 0 Å². The molecule has 1 rings (SSSR count). The number of rotatable bonds is 5. The van der Waals surface area contributed by atoms with Gasteiger partial charge in [0, 0.05) is 12.6 Å². The lowest BCUT2D eigenvalue weighted by atomic mass is 9.96. The third-order valence-corrected chi connectivity index (χ3v) is 2.30. The number of anilines is 1. The van der Waals surface area contributed by atoms with Gasteiger partial charge in [-0.25, -0.2) is 4.98 Å². The molecule has 1 atom stereocenters. The van der Waals surface area contributed by atoms with Gasteiger partial charge in [-0.3, -0.25) is 9.59 Å². The number of hydrogen-bond acceptors (Lipinski definition) is 4. The molecule has 1 aromatic heterocycles. The van der Waals surface area contributed by atoms with Crippen LogP contribution >= 0.6 is 0 Å². The third kappa shape index (κ3) is 3.38. The molecule has 0 aliphatic heterocycles. The van der Waals surface area contributed by atoms with Crippen LogP contribution in [0.3, 0.4) is 0 Å². The van der Waals surface area contributed by atoms with Gasteiger partial charge in [-0.2, -0.15) is 0 Å². The van der Waals surface area contributed by atoms with Gasteiger partial charge in [0.25, 0.3) is 5.56 Å². The minimum Gasteiger partial charge on any atom is -0.481 e. The molecule has 0 amide bonds. The van der Waals surface area contributed by atoms with Gasteiger partial charge in [0.1, 0.15) is 5.82 Å². The van der Waals surface area contributed by atoms with E-state index >= 15 is 0 Å². The van der Waals surface area contributed by atoms with Crippen LogP contribution in [0.1, 0.15) is 13.8 Å². The Kier molecular flexibility index (Phi) is 4.04. The molecular formula is C10H15N3O3. The van der Waals surface area contributed by atoms with Gasteiger partial charge < -0.3 is 15.4 Å². The van der Waals surface area contributed by atoms with Crippen molar-refractivity contribution in [3.63, 3.8) is 0 Å². The summed E-state index contributed by atoms with van der Waals surface area (Å²) in [4.78, 5) is 28.1. The largest absolute Gasteiger partial charge is 0.481 e. The average molecular weight is 225 g/mol. The highest BCUT2D eigenvalue weighted by Crippen LogP contribution is 2.11. The summed E-state index contributed by atoms with van der Waals surface area (Å²) in [6, 6.07) is 1.29. The summed E-state index contributed by atoms with van der Waals surface area (Å²) in [5.74, 6) is -0.948. The predicted octanol–water partition coefficient (Wildman–Crippen LogP) is 0.539. The van der Waals surface area contributed by atoms with Crippen LogP contribution in [0, 0.1) is 11.8 Å². The lowest BCUT2D eigenvalue weighted by Gasteiger charge is -2.16. The second kappa shape index (κ2) is 5.29. The van der Waals surface area contributed by atoms with E-state index in [-0.39, 0.29) is 18.0 Å². The Morgan fingerprint density at radius 3 is 2.81 bits per heavy atom. The summed E-state index contributed by atoms with van der Waals surface area (Å²) >= 11 is 0. The van der Waals surface area contributed by atoms with Crippen LogP contribution in [0.4, 0.5) is 5.82 Å². The maximum absolute atomic E-state index is 11.0. The SMILES string of the molecule is CC(C)C(CNc1cc(=O)[nH]cn1)C(=O)O. The fraction of sp³-hybridized carbons (Fsp3) is 0.500. The van der Waals surface area contributed by atoms with Crippen molar-refractivity contribution in [3.05, 3.63) is 22.7 Å². The Balaban J connectivity index is 2.62. The summed E-state index contributed by atoms with van der Waals surface area (Å²) in [6.07, 6.45) is 1.27. The standard InChI is InChI=1S/C10H15N3O3/c1-6(2)7(10(15)16)4-11-8-3-9(14)13-5-12-8/h3,5-7H,4H2,1-2H3,(H,15,16)(H2,11,12,13,14).